The van der Waals surface area contributed by atoms with Crippen molar-refractivity contribution in [2.75, 3.05) is 32.7 Å². The van der Waals surface area contributed by atoms with Crippen LogP contribution in [0.5, 0.6) is 0 Å². The van der Waals surface area contributed by atoms with E-state index in [0.29, 0.717) is 24.5 Å². The van der Waals surface area contributed by atoms with Crippen molar-refractivity contribution in [2.45, 2.75) is 58.0 Å². The molecule has 4 heteroatoms. The molecule has 2 rings (SSSR count). The van der Waals surface area contributed by atoms with Gasteiger partial charge in [-0.25, -0.2) is 0 Å². The number of hydrogen-bond donors (Lipinski definition) is 1. The lowest BCUT2D eigenvalue weighted by Gasteiger charge is -2.39. The molecule has 1 amide bonds. The van der Waals surface area contributed by atoms with Crippen LogP contribution >= 0.6 is 0 Å². The summed E-state index contributed by atoms with van der Waals surface area (Å²) in [6.45, 7) is 8.64. The minimum atomic E-state index is 0.301. The van der Waals surface area contributed by atoms with Crippen LogP contribution in [-0.4, -0.2) is 60.5 Å². The molecule has 0 aliphatic carbocycles. The van der Waals surface area contributed by atoms with Crippen molar-refractivity contribution >= 4 is 5.91 Å². The summed E-state index contributed by atoms with van der Waals surface area (Å²) in [5.74, 6) is 0.301. The highest BCUT2D eigenvalue weighted by atomic mass is 16.2. The summed E-state index contributed by atoms with van der Waals surface area (Å²) in [5, 5.41) is 3.62. The summed E-state index contributed by atoms with van der Waals surface area (Å²) in [4.78, 5) is 16.7. The van der Waals surface area contributed by atoms with E-state index in [-0.39, 0.29) is 0 Å². The van der Waals surface area contributed by atoms with Crippen molar-refractivity contribution in [1.82, 2.24) is 15.1 Å². The van der Waals surface area contributed by atoms with Gasteiger partial charge in [-0.3, -0.25) is 9.69 Å². The van der Waals surface area contributed by atoms with Crippen molar-refractivity contribution in [3.8, 4) is 0 Å². The number of nitrogens with zero attached hydrogens (tertiary/aromatic N) is 2. The molecule has 2 fully saturated rings. The van der Waals surface area contributed by atoms with Crippen molar-refractivity contribution in [3.63, 3.8) is 0 Å². The fourth-order valence-electron chi connectivity index (χ4n) is 3.56. The summed E-state index contributed by atoms with van der Waals surface area (Å²) >= 11 is 0. The van der Waals surface area contributed by atoms with E-state index in [9.17, 15) is 4.79 Å². The van der Waals surface area contributed by atoms with Gasteiger partial charge in [0.25, 0.3) is 0 Å². The van der Waals surface area contributed by atoms with E-state index in [0.717, 1.165) is 26.2 Å². The Kier molecular flexibility index (Phi) is 5.64. The van der Waals surface area contributed by atoms with Crippen molar-refractivity contribution in [2.24, 2.45) is 0 Å². The first-order valence-corrected chi connectivity index (χ1v) is 8.01. The fourth-order valence-corrected chi connectivity index (χ4v) is 3.56. The smallest absolute Gasteiger partial charge is 0.236 e. The van der Waals surface area contributed by atoms with Crippen LogP contribution in [0.3, 0.4) is 0 Å². The summed E-state index contributed by atoms with van der Waals surface area (Å²) in [6, 6.07) is 1.19. The number of likely N-dealkylation sites (N-methyl/N-ethyl adjacent to an activating group) is 1. The van der Waals surface area contributed by atoms with E-state index in [1.165, 1.54) is 32.1 Å². The molecule has 0 bridgehead atoms. The van der Waals surface area contributed by atoms with Crippen molar-refractivity contribution < 1.29 is 4.79 Å². The van der Waals surface area contributed by atoms with Gasteiger partial charge in [0.2, 0.25) is 5.91 Å². The molecule has 0 saturated carbocycles. The molecule has 0 aromatic carbocycles. The molecule has 2 aliphatic rings. The van der Waals surface area contributed by atoms with Gasteiger partial charge < -0.3 is 10.2 Å². The second kappa shape index (κ2) is 7.25. The van der Waals surface area contributed by atoms with Crippen LogP contribution in [0.4, 0.5) is 0 Å². The Morgan fingerprint density at radius 2 is 2.00 bits per heavy atom. The lowest BCUT2D eigenvalue weighted by molar-refractivity contribution is -0.133. The van der Waals surface area contributed by atoms with Crippen LogP contribution in [0.15, 0.2) is 0 Å². The minimum absolute atomic E-state index is 0.301. The maximum atomic E-state index is 12.3. The number of amides is 1. The fraction of sp³-hybridized carbons (Fsp3) is 0.933. The zero-order valence-electron chi connectivity index (χ0n) is 12.5. The quantitative estimate of drug-likeness (QED) is 0.819. The Hall–Kier alpha value is -0.610. The number of rotatable bonds is 5. The van der Waals surface area contributed by atoms with Gasteiger partial charge in [-0.15, -0.1) is 0 Å². The molecule has 0 spiro atoms. The van der Waals surface area contributed by atoms with Gasteiger partial charge in [-0.05, 0) is 52.6 Å². The van der Waals surface area contributed by atoms with E-state index in [1.54, 1.807) is 0 Å². The lowest BCUT2D eigenvalue weighted by atomic mass is 9.94. The highest BCUT2D eigenvalue weighted by molar-refractivity contribution is 5.78. The lowest BCUT2D eigenvalue weighted by Crippen LogP contribution is -2.53. The molecular weight excluding hydrogens is 238 g/mol. The van der Waals surface area contributed by atoms with E-state index in [1.807, 2.05) is 4.90 Å². The predicted octanol–water partition coefficient (Wildman–Crippen LogP) is 1.46. The van der Waals surface area contributed by atoms with E-state index in [2.05, 4.69) is 24.1 Å². The molecule has 2 saturated heterocycles. The first-order chi connectivity index (χ1) is 9.26. The molecule has 2 aliphatic heterocycles. The predicted molar refractivity (Wildman–Crippen MR) is 78.2 cm³/mol. The van der Waals surface area contributed by atoms with Crippen LogP contribution in [0.25, 0.3) is 0 Å². The topological polar surface area (TPSA) is 35.6 Å². The van der Waals surface area contributed by atoms with Crippen LogP contribution in [0, 0.1) is 0 Å². The number of likely N-dealkylation sites (tertiary alicyclic amines) is 1. The number of carbonyl (C=O) groups excluding carboxylic acids is 1. The van der Waals surface area contributed by atoms with Gasteiger partial charge in [0.05, 0.1) is 6.54 Å². The van der Waals surface area contributed by atoms with Gasteiger partial charge in [0, 0.05) is 25.2 Å². The molecule has 19 heavy (non-hydrogen) atoms. The Morgan fingerprint density at radius 3 is 2.63 bits per heavy atom. The molecule has 2 heterocycles. The molecule has 2 unspecified atom stereocenters. The third kappa shape index (κ3) is 3.69. The zero-order valence-corrected chi connectivity index (χ0v) is 12.5. The van der Waals surface area contributed by atoms with Gasteiger partial charge in [-0.1, -0.05) is 6.42 Å². The summed E-state index contributed by atoms with van der Waals surface area (Å²) in [5.41, 5.74) is 0. The largest absolute Gasteiger partial charge is 0.342 e. The average molecular weight is 267 g/mol. The Balaban J connectivity index is 1.93. The van der Waals surface area contributed by atoms with Crippen LogP contribution in [0.2, 0.25) is 0 Å². The molecule has 0 aromatic heterocycles. The summed E-state index contributed by atoms with van der Waals surface area (Å²) < 4.78 is 0. The minimum Gasteiger partial charge on any atom is -0.342 e. The highest BCUT2D eigenvalue weighted by Crippen LogP contribution is 2.24. The van der Waals surface area contributed by atoms with Crippen molar-refractivity contribution in [1.29, 1.82) is 0 Å². The number of nitrogens with one attached hydrogen (secondary N) is 1. The average Bonchev–Trinajstić information content (AvgIpc) is 2.94. The van der Waals surface area contributed by atoms with Crippen LogP contribution in [0.1, 0.15) is 46.0 Å². The van der Waals surface area contributed by atoms with Gasteiger partial charge >= 0.3 is 0 Å². The van der Waals surface area contributed by atoms with E-state index < -0.39 is 0 Å². The SMILES string of the molecule is CCN(CC)C(=O)CN1CCCCC1C1CCCN1. The van der Waals surface area contributed by atoms with Gasteiger partial charge in [0.1, 0.15) is 0 Å². The highest BCUT2D eigenvalue weighted by Gasteiger charge is 2.32. The van der Waals surface area contributed by atoms with E-state index in [4.69, 9.17) is 0 Å². The first kappa shape index (κ1) is 14.8. The van der Waals surface area contributed by atoms with Gasteiger partial charge in [-0.2, -0.15) is 0 Å². The Labute approximate surface area is 117 Å². The second-order valence-corrected chi connectivity index (χ2v) is 5.80. The summed E-state index contributed by atoms with van der Waals surface area (Å²) in [7, 11) is 0. The van der Waals surface area contributed by atoms with Crippen LogP contribution in [-0.2, 0) is 4.79 Å². The monoisotopic (exact) mass is 267 g/mol. The molecule has 0 aromatic rings. The second-order valence-electron chi connectivity index (χ2n) is 5.80. The maximum absolute atomic E-state index is 12.3. The normalized spacial score (nSPS) is 28.5. The third-order valence-corrected chi connectivity index (χ3v) is 4.68. The summed E-state index contributed by atoms with van der Waals surface area (Å²) in [6.07, 6.45) is 6.39. The molecule has 110 valence electrons. The van der Waals surface area contributed by atoms with E-state index >= 15 is 0 Å². The number of piperidine rings is 1. The first-order valence-electron chi connectivity index (χ1n) is 8.01. The number of carbonyl (C=O) groups is 1. The van der Waals surface area contributed by atoms with Crippen LogP contribution < -0.4 is 5.32 Å². The molecule has 4 nitrogen and oxygen atoms in total. The maximum Gasteiger partial charge on any atom is 0.236 e. The molecule has 1 N–H and O–H groups in total. The molecular formula is C15H29N3O. The Morgan fingerprint density at radius 1 is 1.21 bits per heavy atom. The molecule has 0 radical (unpaired) electrons. The Bertz CT molecular complexity index is 285. The zero-order chi connectivity index (χ0) is 13.7. The van der Waals surface area contributed by atoms with Gasteiger partial charge in [0.15, 0.2) is 0 Å². The molecule has 2 atom stereocenters. The standard InChI is InChI=1S/C15H29N3O/c1-3-17(4-2)15(19)12-18-11-6-5-9-14(18)13-8-7-10-16-13/h13-14,16H,3-12H2,1-2H3. The number of hydrogen-bond acceptors (Lipinski definition) is 3. The van der Waals surface area contributed by atoms with Crippen molar-refractivity contribution in [3.05, 3.63) is 0 Å². The third-order valence-electron chi connectivity index (χ3n) is 4.68.